The molecule has 1 amide bonds. The molecule has 2 aromatic carbocycles. The normalized spacial score (nSPS) is 9.41. The summed E-state index contributed by atoms with van der Waals surface area (Å²) in [7, 11) is 0. The summed E-state index contributed by atoms with van der Waals surface area (Å²) in [5.41, 5.74) is 1.38. The van der Waals surface area contributed by atoms with Crippen LogP contribution in [0.4, 0.5) is 5.69 Å². The lowest BCUT2D eigenvalue weighted by molar-refractivity contribution is -0.118. The third-order valence-corrected chi connectivity index (χ3v) is 2.99. The SMILES string of the molecule is N#Cc1cccc(NC(=O)COc2ccc(C#N)cc2Cl)c1. The Hall–Kier alpha value is -3.02. The molecule has 5 nitrogen and oxygen atoms in total. The minimum atomic E-state index is -0.379. The molecule has 0 radical (unpaired) electrons. The predicted octanol–water partition coefficient (Wildman–Crippen LogP) is 3.10. The van der Waals surface area contributed by atoms with Crippen LogP contribution in [0.15, 0.2) is 42.5 Å². The maximum atomic E-state index is 11.8. The molecule has 0 atom stereocenters. The van der Waals surface area contributed by atoms with Crippen molar-refractivity contribution >= 4 is 23.2 Å². The largest absolute Gasteiger partial charge is 0.482 e. The van der Waals surface area contributed by atoms with Crippen LogP contribution in [0.3, 0.4) is 0 Å². The minimum absolute atomic E-state index is 0.234. The van der Waals surface area contributed by atoms with Crippen molar-refractivity contribution in [3.8, 4) is 17.9 Å². The summed E-state index contributed by atoms with van der Waals surface area (Å²) in [4.78, 5) is 11.8. The van der Waals surface area contributed by atoms with Crippen molar-refractivity contribution in [3.05, 3.63) is 58.6 Å². The van der Waals surface area contributed by atoms with Gasteiger partial charge in [-0.25, -0.2) is 0 Å². The summed E-state index contributed by atoms with van der Waals surface area (Å²) < 4.78 is 5.31. The minimum Gasteiger partial charge on any atom is -0.482 e. The number of ether oxygens (including phenoxy) is 1. The van der Waals surface area contributed by atoms with E-state index in [9.17, 15) is 4.79 Å². The van der Waals surface area contributed by atoms with E-state index in [4.69, 9.17) is 26.9 Å². The summed E-state index contributed by atoms with van der Waals surface area (Å²) in [5, 5.41) is 20.4. The average Bonchev–Trinajstić information content (AvgIpc) is 2.53. The molecule has 0 bridgehead atoms. The van der Waals surface area contributed by atoms with Gasteiger partial charge in [0.15, 0.2) is 6.61 Å². The van der Waals surface area contributed by atoms with Gasteiger partial charge in [-0.1, -0.05) is 17.7 Å². The first-order chi connectivity index (χ1) is 10.6. The monoisotopic (exact) mass is 311 g/mol. The lowest BCUT2D eigenvalue weighted by atomic mass is 10.2. The summed E-state index contributed by atoms with van der Waals surface area (Å²) in [6.45, 7) is -0.234. The van der Waals surface area contributed by atoms with Crippen molar-refractivity contribution in [2.24, 2.45) is 0 Å². The zero-order valence-electron chi connectivity index (χ0n) is 11.3. The van der Waals surface area contributed by atoms with E-state index < -0.39 is 0 Å². The van der Waals surface area contributed by atoms with Gasteiger partial charge in [-0.05, 0) is 36.4 Å². The molecule has 0 saturated heterocycles. The summed E-state index contributed by atoms with van der Waals surface area (Å²) in [5.74, 6) is -0.0582. The third-order valence-electron chi connectivity index (χ3n) is 2.70. The Morgan fingerprint density at radius 1 is 1.14 bits per heavy atom. The van der Waals surface area contributed by atoms with Gasteiger partial charge < -0.3 is 10.1 Å². The lowest BCUT2D eigenvalue weighted by Crippen LogP contribution is -2.20. The first-order valence-electron chi connectivity index (χ1n) is 6.25. The van der Waals surface area contributed by atoms with Gasteiger partial charge in [0.1, 0.15) is 5.75 Å². The molecule has 22 heavy (non-hydrogen) atoms. The number of carbonyl (C=O) groups excluding carboxylic acids is 1. The fraction of sp³-hybridized carbons (Fsp3) is 0.0625. The quantitative estimate of drug-likeness (QED) is 0.940. The van der Waals surface area contributed by atoms with E-state index in [0.29, 0.717) is 22.6 Å². The molecule has 0 aliphatic rings. The van der Waals surface area contributed by atoms with Gasteiger partial charge in [-0.3, -0.25) is 4.79 Å². The molecule has 0 aliphatic carbocycles. The zero-order valence-corrected chi connectivity index (χ0v) is 12.1. The zero-order chi connectivity index (χ0) is 15.9. The molecule has 0 spiro atoms. The van der Waals surface area contributed by atoms with E-state index in [1.165, 1.54) is 12.1 Å². The van der Waals surface area contributed by atoms with Crippen LogP contribution in [0.2, 0.25) is 5.02 Å². The second kappa shape index (κ2) is 7.12. The molecule has 0 heterocycles. The van der Waals surface area contributed by atoms with Crippen LogP contribution in [0, 0.1) is 22.7 Å². The van der Waals surface area contributed by atoms with E-state index in [2.05, 4.69) is 5.32 Å². The number of amides is 1. The van der Waals surface area contributed by atoms with Crippen LogP contribution >= 0.6 is 11.6 Å². The summed E-state index contributed by atoms with van der Waals surface area (Å²) in [6.07, 6.45) is 0. The first kappa shape index (κ1) is 15.4. The highest BCUT2D eigenvalue weighted by atomic mass is 35.5. The summed E-state index contributed by atoms with van der Waals surface area (Å²) >= 11 is 5.95. The van der Waals surface area contributed by atoms with Gasteiger partial charge in [0.25, 0.3) is 5.91 Å². The fourth-order valence-corrected chi connectivity index (χ4v) is 1.93. The molecular weight excluding hydrogens is 302 g/mol. The van der Waals surface area contributed by atoms with Crippen LogP contribution in [0.5, 0.6) is 5.75 Å². The molecule has 0 aromatic heterocycles. The van der Waals surface area contributed by atoms with E-state index in [0.717, 1.165) is 0 Å². The second-order valence-corrected chi connectivity index (χ2v) is 4.69. The number of hydrogen-bond acceptors (Lipinski definition) is 4. The Labute approximate surface area is 132 Å². The molecule has 0 fully saturated rings. The molecule has 2 rings (SSSR count). The molecule has 6 heteroatoms. The number of nitrogens with zero attached hydrogens (tertiary/aromatic N) is 2. The Bertz CT molecular complexity index is 791. The van der Waals surface area contributed by atoms with Gasteiger partial charge in [0.2, 0.25) is 0 Å². The molecule has 1 N–H and O–H groups in total. The molecular formula is C16H10ClN3O2. The van der Waals surface area contributed by atoms with E-state index >= 15 is 0 Å². The second-order valence-electron chi connectivity index (χ2n) is 4.29. The Morgan fingerprint density at radius 2 is 1.86 bits per heavy atom. The number of rotatable bonds is 4. The van der Waals surface area contributed by atoms with Crippen molar-refractivity contribution in [1.29, 1.82) is 10.5 Å². The van der Waals surface area contributed by atoms with Gasteiger partial charge >= 0.3 is 0 Å². The van der Waals surface area contributed by atoms with Gasteiger partial charge in [0, 0.05) is 5.69 Å². The van der Waals surface area contributed by atoms with Gasteiger partial charge in [0.05, 0.1) is 28.3 Å². The number of halogens is 1. The highest BCUT2D eigenvalue weighted by molar-refractivity contribution is 6.32. The van der Waals surface area contributed by atoms with Crippen LogP contribution in [-0.4, -0.2) is 12.5 Å². The molecule has 0 saturated carbocycles. The fourth-order valence-electron chi connectivity index (χ4n) is 1.69. The third kappa shape index (κ3) is 3.99. The number of hydrogen-bond donors (Lipinski definition) is 1. The topological polar surface area (TPSA) is 85.9 Å². The number of benzene rings is 2. The van der Waals surface area contributed by atoms with Crippen LogP contribution in [0.25, 0.3) is 0 Å². The predicted molar refractivity (Wildman–Crippen MR) is 81.4 cm³/mol. The van der Waals surface area contributed by atoms with Crippen molar-refractivity contribution < 1.29 is 9.53 Å². The molecule has 0 aliphatic heterocycles. The van der Waals surface area contributed by atoms with Gasteiger partial charge in [-0.15, -0.1) is 0 Å². The van der Waals surface area contributed by atoms with E-state index in [-0.39, 0.29) is 17.5 Å². The average molecular weight is 312 g/mol. The van der Waals surface area contributed by atoms with E-state index in [1.807, 2.05) is 12.1 Å². The maximum Gasteiger partial charge on any atom is 0.262 e. The number of nitrogens with one attached hydrogen (secondary N) is 1. The Morgan fingerprint density at radius 3 is 2.55 bits per heavy atom. The van der Waals surface area contributed by atoms with Crippen LogP contribution < -0.4 is 10.1 Å². The maximum absolute atomic E-state index is 11.8. The number of nitriles is 2. The summed E-state index contributed by atoms with van der Waals surface area (Å²) in [6, 6.07) is 15.0. The van der Waals surface area contributed by atoms with Crippen LogP contribution in [-0.2, 0) is 4.79 Å². The van der Waals surface area contributed by atoms with Crippen molar-refractivity contribution in [2.75, 3.05) is 11.9 Å². The number of carbonyl (C=O) groups is 1. The first-order valence-corrected chi connectivity index (χ1v) is 6.62. The van der Waals surface area contributed by atoms with E-state index in [1.54, 1.807) is 30.3 Å². The highest BCUT2D eigenvalue weighted by Crippen LogP contribution is 2.25. The van der Waals surface area contributed by atoms with Crippen molar-refractivity contribution in [1.82, 2.24) is 0 Å². The Balaban J connectivity index is 1.96. The molecule has 108 valence electrons. The van der Waals surface area contributed by atoms with Gasteiger partial charge in [-0.2, -0.15) is 10.5 Å². The Kier molecular flexibility index (Phi) is 4.98. The lowest BCUT2D eigenvalue weighted by Gasteiger charge is -2.09. The van der Waals surface area contributed by atoms with Crippen LogP contribution in [0.1, 0.15) is 11.1 Å². The smallest absolute Gasteiger partial charge is 0.262 e. The molecule has 2 aromatic rings. The highest BCUT2D eigenvalue weighted by Gasteiger charge is 2.07. The van der Waals surface area contributed by atoms with Crippen molar-refractivity contribution in [2.45, 2.75) is 0 Å². The van der Waals surface area contributed by atoms with Crippen molar-refractivity contribution in [3.63, 3.8) is 0 Å². The standard InChI is InChI=1S/C16H10ClN3O2/c17-14-7-12(9-19)4-5-15(14)22-10-16(21)20-13-3-1-2-11(6-13)8-18/h1-7H,10H2,(H,20,21). The molecule has 0 unspecified atom stereocenters. The number of anilines is 1.